The minimum atomic E-state index is -0.448. The van der Waals surface area contributed by atoms with Crippen LogP contribution < -0.4 is 22.1 Å². The average Bonchev–Trinajstić information content (AvgIpc) is 2.67. The Labute approximate surface area is 112 Å². The van der Waals surface area contributed by atoms with Gasteiger partial charge in [0.1, 0.15) is 6.17 Å². The van der Waals surface area contributed by atoms with E-state index in [-0.39, 0.29) is 11.5 Å². The van der Waals surface area contributed by atoms with E-state index in [9.17, 15) is 9.59 Å². The molecule has 98 valence electrons. The third kappa shape index (κ3) is 2.45. The van der Waals surface area contributed by atoms with E-state index in [1.54, 1.807) is 0 Å². The van der Waals surface area contributed by atoms with Crippen LogP contribution in [0.25, 0.3) is 0 Å². The number of aromatic amines is 1. The molecule has 0 radical (unpaired) electrons. The highest BCUT2D eigenvalue weighted by Gasteiger charge is 2.17. The molecule has 1 N–H and O–H groups in total. The molecule has 0 spiro atoms. The van der Waals surface area contributed by atoms with Gasteiger partial charge in [0.25, 0.3) is 5.56 Å². The molecule has 0 amide bonds. The third-order valence-corrected chi connectivity index (χ3v) is 3.04. The number of nitrogens with zero attached hydrogens (tertiary/aromatic N) is 3. The van der Waals surface area contributed by atoms with Crippen molar-refractivity contribution in [3.63, 3.8) is 0 Å². The molecule has 0 aliphatic carbocycles. The van der Waals surface area contributed by atoms with Gasteiger partial charge in [0.2, 0.25) is 0 Å². The first-order chi connectivity index (χ1) is 8.52. The SMILES string of the molecule is CC(C)CC1N=c2c(=O)[nH]c(=O)n(CCBr)c2=N1. The zero-order valence-corrected chi connectivity index (χ0v) is 11.9. The van der Waals surface area contributed by atoms with Gasteiger partial charge in [-0.15, -0.1) is 0 Å². The van der Waals surface area contributed by atoms with Crippen molar-refractivity contribution < 1.29 is 0 Å². The van der Waals surface area contributed by atoms with E-state index in [0.29, 0.717) is 23.3 Å². The fraction of sp³-hybridized carbons (Fsp3) is 0.636. The molecule has 0 bridgehead atoms. The lowest BCUT2D eigenvalue weighted by Crippen LogP contribution is -2.52. The molecule has 18 heavy (non-hydrogen) atoms. The Morgan fingerprint density at radius 3 is 2.72 bits per heavy atom. The van der Waals surface area contributed by atoms with Gasteiger partial charge in [-0.05, 0) is 12.3 Å². The Hall–Kier alpha value is -1.24. The Kier molecular flexibility index (Phi) is 3.79. The predicted molar refractivity (Wildman–Crippen MR) is 70.7 cm³/mol. The van der Waals surface area contributed by atoms with Crippen molar-refractivity contribution >= 4 is 15.9 Å². The molecule has 6 nitrogen and oxygen atoms in total. The van der Waals surface area contributed by atoms with E-state index < -0.39 is 11.2 Å². The van der Waals surface area contributed by atoms with Gasteiger partial charge in [-0.25, -0.2) is 14.8 Å². The van der Waals surface area contributed by atoms with Gasteiger partial charge in [0.05, 0.1) is 0 Å². The van der Waals surface area contributed by atoms with E-state index in [2.05, 4.69) is 44.7 Å². The predicted octanol–water partition coefficient (Wildman–Crippen LogP) is -0.444. The van der Waals surface area contributed by atoms with Crippen LogP contribution in [0.1, 0.15) is 20.3 Å². The number of hydrogen-bond donors (Lipinski definition) is 1. The molecule has 0 fully saturated rings. The highest BCUT2D eigenvalue weighted by Crippen LogP contribution is 2.08. The van der Waals surface area contributed by atoms with E-state index in [1.165, 1.54) is 4.57 Å². The lowest BCUT2D eigenvalue weighted by Gasteiger charge is -2.06. The molecule has 2 rings (SSSR count). The van der Waals surface area contributed by atoms with E-state index >= 15 is 0 Å². The lowest BCUT2D eigenvalue weighted by molar-refractivity contribution is 0.504. The van der Waals surface area contributed by atoms with E-state index in [1.807, 2.05) is 0 Å². The Bertz CT molecular complexity index is 674. The van der Waals surface area contributed by atoms with Crippen LogP contribution in [0.15, 0.2) is 19.6 Å². The van der Waals surface area contributed by atoms with Crippen LogP contribution in [0.5, 0.6) is 0 Å². The second-order valence-corrected chi connectivity index (χ2v) is 5.43. The quantitative estimate of drug-likeness (QED) is 0.764. The van der Waals surface area contributed by atoms with Gasteiger partial charge >= 0.3 is 5.69 Å². The smallest absolute Gasteiger partial charge is 0.276 e. The summed E-state index contributed by atoms with van der Waals surface area (Å²) in [6, 6.07) is 0. The molecule has 1 unspecified atom stereocenters. The van der Waals surface area contributed by atoms with Crippen LogP contribution >= 0.6 is 15.9 Å². The molecule has 0 aromatic carbocycles. The molecule has 2 heterocycles. The van der Waals surface area contributed by atoms with E-state index in [0.717, 1.165) is 6.42 Å². The Morgan fingerprint density at radius 1 is 1.39 bits per heavy atom. The summed E-state index contributed by atoms with van der Waals surface area (Å²) in [6.45, 7) is 4.61. The van der Waals surface area contributed by atoms with Crippen LogP contribution in [0.3, 0.4) is 0 Å². The summed E-state index contributed by atoms with van der Waals surface area (Å²) >= 11 is 3.28. The highest BCUT2D eigenvalue weighted by molar-refractivity contribution is 9.09. The van der Waals surface area contributed by atoms with Crippen molar-refractivity contribution in [2.75, 3.05) is 5.33 Å². The average molecular weight is 315 g/mol. The fourth-order valence-corrected chi connectivity index (χ4v) is 2.29. The van der Waals surface area contributed by atoms with Crippen LogP contribution in [-0.4, -0.2) is 21.0 Å². The zero-order chi connectivity index (χ0) is 13.3. The number of nitrogens with one attached hydrogen (secondary N) is 1. The maximum Gasteiger partial charge on any atom is 0.330 e. The summed E-state index contributed by atoms with van der Waals surface area (Å²) in [4.78, 5) is 34.3. The molecule has 1 aliphatic heterocycles. The molecule has 1 aliphatic rings. The molecule has 7 heteroatoms. The largest absolute Gasteiger partial charge is 0.330 e. The Morgan fingerprint density at radius 2 is 2.11 bits per heavy atom. The minimum Gasteiger partial charge on any atom is -0.276 e. The monoisotopic (exact) mass is 314 g/mol. The summed E-state index contributed by atoms with van der Waals surface area (Å²) in [5.41, 5.74) is -0.466. The molecule has 1 atom stereocenters. The van der Waals surface area contributed by atoms with Crippen LogP contribution in [0.4, 0.5) is 0 Å². The number of H-pyrrole nitrogens is 1. The number of hydrogen-bond acceptors (Lipinski definition) is 4. The van der Waals surface area contributed by atoms with Gasteiger partial charge in [-0.3, -0.25) is 14.3 Å². The van der Waals surface area contributed by atoms with Crippen molar-refractivity contribution in [1.82, 2.24) is 9.55 Å². The molecular formula is C11H15BrN4O2. The summed E-state index contributed by atoms with van der Waals surface area (Å²) in [5.74, 6) is 0.437. The normalized spacial score (nSPS) is 17.4. The molecule has 1 aromatic heterocycles. The Balaban J connectivity index is 2.60. The zero-order valence-electron chi connectivity index (χ0n) is 10.3. The molecular weight excluding hydrogens is 300 g/mol. The van der Waals surface area contributed by atoms with Crippen molar-refractivity contribution in [3.8, 4) is 0 Å². The van der Waals surface area contributed by atoms with Gasteiger partial charge in [-0.2, -0.15) is 0 Å². The van der Waals surface area contributed by atoms with Gasteiger partial charge in [0.15, 0.2) is 10.8 Å². The third-order valence-electron chi connectivity index (χ3n) is 2.69. The fourth-order valence-electron chi connectivity index (χ4n) is 1.93. The first-order valence-electron chi connectivity index (χ1n) is 5.87. The van der Waals surface area contributed by atoms with Crippen molar-refractivity contribution in [2.24, 2.45) is 15.9 Å². The highest BCUT2D eigenvalue weighted by atomic mass is 79.9. The topological polar surface area (TPSA) is 79.6 Å². The first kappa shape index (κ1) is 13.2. The van der Waals surface area contributed by atoms with Crippen LogP contribution in [-0.2, 0) is 6.54 Å². The minimum absolute atomic E-state index is 0.246. The van der Waals surface area contributed by atoms with Crippen molar-refractivity contribution in [3.05, 3.63) is 31.7 Å². The first-order valence-corrected chi connectivity index (χ1v) is 7.00. The van der Waals surface area contributed by atoms with Crippen molar-refractivity contribution in [2.45, 2.75) is 33.0 Å². The van der Waals surface area contributed by atoms with Gasteiger partial charge in [-0.1, -0.05) is 29.8 Å². The van der Waals surface area contributed by atoms with Crippen LogP contribution in [0.2, 0.25) is 0 Å². The second kappa shape index (κ2) is 5.17. The number of alkyl halides is 1. The maximum absolute atomic E-state index is 11.7. The molecule has 1 aromatic rings. The summed E-state index contributed by atoms with van der Waals surface area (Å²) in [5, 5.41) is 0.900. The number of halogens is 1. The number of aromatic nitrogens is 2. The maximum atomic E-state index is 11.7. The summed E-state index contributed by atoms with van der Waals surface area (Å²) < 4.78 is 1.45. The van der Waals surface area contributed by atoms with Crippen molar-refractivity contribution in [1.29, 1.82) is 0 Å². The lowest BCUT2D eigenvalue weighted by atomic mass is 10.1. The molecule has 0 saturated heterocycles. The van der Waals surface area contributed by atoms with Gasteiger partial charge < -0.3 is 0 Å². The molecule has 0 saturated carbocycles. The standard InChI is InChI=1S/C11H15BrN4O2/c1-6(2)5-7-13-8-9(14-7)16(4-3-12)11(18)15-10(8)17/h6-7H,3-5H2,1-2H3,(H,15,17,18). The van der Waals surface area contributed by atoms with E-state index in [4.69, 9.17) is 0 Å². The summed E-state index contributed by atoms with van der Waals surface area (Å²) in [7, 11) is 0. The number of fused-ring (bicyclic) bond motifs is 1. The number of rotatable bonds is 4. The van der Waals surface area contributed by atoms with Crippen LogP contribution in [0, 0.1) is 5.92 Å². The van der Waals surface area contributed by atoms with Gasteiger partial charge in [0, 0.05) is 11.9 Å². The summed E-state index contributed by atoms with van der Waals surface area (Å²) in [6.07, 6.45) is 0.529. The second-order valence-electron chi connectivity index (χ2n) is 4.64.